The van der Waals surface area contributed by atoms with Crippen LogP contribution in [0.15, 0.2) is 235 Å². The summed E-state index contributed by atoms with van der Waals surface area (Å²) in [5.41, 5.74) is 17.8. The SMILES string of the molecule is c1ccc(-c2nc(-c3ccccc3-c3cccc4c3-c3ccccc3C4(c3ccccc3)c3ccccc3)cc(-c3ccccc3-c3cccc4c3oc3ccccc34)n2)cc1. The molecule has 0 saturated carbocycles. The van der Waals surface area contributed by atoms with E-state index >= 15 is 0 Å². The maximum absolute atomic E-state index is 6.58. The molecule has 9 aromatic carbocycles. The third kappa shape index (κ3) is 5.52. The average molecular weight is 791 g/mol. The summed E-state index contributed by atoms with van der Waals surface area (Å²) in [6, 6.07) is 82.1. The van der Waals surface area contributed by atoms with Crippen LogP contribution < -0.4 is 0 Å². The van der Waals surface area contributed by atoms with Gasteiger partial charge < -0.3 is 4.42 Å². The molecule has 0 radical (unpaired) electrons. The zero-order valence-electron chi connectivity index (χ0n) is 33.7. The minimum absolute atomic E-state index is 0.506. The Morgan fingerprint density at radius 2 is 0.806 bits per heavy atom. The van der Waals surface area contributed by atoms with Crippen molar-refractivity contribution in [3.8, 4) is 67.3 Å². The molecule has 0 bridgehead atoms. The zero-order valence-corrected chi connectivity index (χ0v) is 33.7. The molecule has 0 unspecified atom stereocenters. The van der Waals surface area contributed by atoms with Gasteiger partial charge in [0.25, 0.3) is 0 Å². The first kappa shape index (κ1) is 35.8. The Kier molecular flexibility index (Phi) is 8.39. The molecule has 11 aromatic rings. The topological polar surface area (TPSA) is 38.9 Å². The van der Waals surface area contributed by atoms with Crippen LogP contribution in [0, 0.1) is 0 Å². The van der Waals surface area contributed by atoms with Crippen molar-refractivity contribution in [3.63, 3.8) is 0 Å². The first-order chi connectivity index (χ1) is 30.8. The number of nitrogens with zero attached hydrogens (tertiary/aromatic N) is 2. The van der Waals surface area contributed by atoms with Crippen LogP contribution in [-0.4, -0.2) is 9.97 Å². The molecule has 0 atom stereocenters. The molecule has 1 aliphatic carbocycles. The molecule has 62 heavy (non-hydrogen) atoms. The Morgan fingerprint density at radius 1 is 0.339 bits per heavy atom. The number of furan rings is 1. The van der Waals surface area contributed by atoms with Crippen LogP contribution in [0.5, 0.6) is 0 Å². The molecule has 12 rings (SSSR count). The maximum Gasteiger partial charge on any atom is 0.160 e. The van der Waals surface area contributed by atoms with Crippen LogP contribution in [0.25, 0.3) is 89.2 Å². The fraction of sp³-hybridized carbons (Fsp3) is 0.0169. The Hall–Kier alpha value is -8.14. The Balaban J connectivity index is 1.09. The average Bonchev–Trinajstić information content (AvgIpc) is 3.89. The highest BCUT2D eigenvalue weighted by atomic mass is 16.3. The van der Waals surface area contributed by atoms with Crippen molar-refractivity contribution >= 4 is 21.9 Å². The van der Waals surface area contributed by atoms with Crippen molar-refractivity contribution < 1.29 is 4.42 Å². The van der Waals surface area contributed by atoms with Crippen molar-refractivity contribution in [2.24, 2.45) is 0 Å². The molecule has 2 aromatic heterocycles. The van der Waals surface area contributed by atoms with Gasteiger partial charge in [-0.25, -0.2) is 9.97 Å². The Labute approximate surface area is 360 Å². The molecule has 0 spiro atoms. The molecular weight excluding hydrogens is 753 g/mol. The third-order valence-corrected chi connectivity index (χ3v) is 12.6. The van der Waals surface area contributed by atoms with Gasteiger partial charge in [-0.05, 0) is 62.2 Å². The summed E-state index contributed by atoms with van der Waals surface area (Å²) in [5, 5.41) is 2.20. The molecular formula is C59H38N2O. The van der Waals surface area contributed by atoms with Crippen molar-refractivity contribution in [2.75, 3.05) is 0 Å². The predicted octanol–water partition coefficient (Wildman–Crippen LogP) is 15.1. The Morgan fingerprint density at radius 3 is 1.48 bits per heavy atom. The minimum atomic E-state index is -0.506. The zero-order chi connectivity index (χ0) is 41.0. The van der Waals surface area contributed by atoms with Crippen LogP contribution in [0.1, 0.15) is 22.3 Å². The molecule has 0 aliphatic heterocycles. The lowest BCUT2D eigenvalue weighted by Crippen LogP contribution is -2.28. The summed E-state index contributed by atoms with van der Waals surface area (Å²) < 4.78 is 6.58. The van der Waals surface area contributed by atoms with Crippen LogP contribution in [0.3, 0.4) is 0 Å². The summed E-state index contributed by atoms with van der Waals surface area (Å²) >= 11 is 0. The van der Waals surface area contributed by atoms with Gasteiger partial charge in [0.2, 0.25) is 0 Å². The van der Waals surface area contributed by atoms with Gasteiger partial charge in [0, 0.05) is 33.0 Å². The lowest BCUT2D eigenvalue weighted by molar-refractivity contribution is 0.670. The minimum Gasteiger partial charge on any atom is -0.455 e. The van der Waals surface area contributed by atoms with Crippen molar-refractivity contribution in [1.82, 2.24) is 9.97 Å². The number of aromatic nitrogens is 2. The molecule has 0 fully saturated rings. The van der Waals surface area contributed by atoms with E-state index in [0.29, 0.717) is 5.82 Å². The van der Waals surface area contributed by atoms with Gasteiger partial charge in [0.1, 0.15) is 11.2 Å². The highest BCUT2D eigenvalue weighted by Gasteiger charge is 2.46. The molecule has 2 heterocycles. The molecule has 1 aliphatic rings. The highest BCUT2D eigenvalue weighted by molar-refractivity contribution is 6.10. The Bertz CT molecular complexity index is 3420. The highest BCUT2D eigenvalue weighted by Crippen LogP contribution is 2.58. The fourth-order valence-electron chi connectivity index (χ4n) is 10.00. The maximum atomic E-state index is 6.58. The van der Waals surface area contributed by atoms with Gasteiger partial charge in [-0.3, -0.25) is 0 Å². The molecule has 3 heteroatoms. The fourth-order valence-corrected chi connectivity index (χ4v) is 10.00. The molecule has 290 valence electrons. The van der Waals surface area contributed by atoms with E-state index in [9.17, 15) is 0 Å². The molecule has 0 saturated heterocycles. The van der Waals surface area contributed by atoms with Gasteiger partial charge in [0.05, 0.1) is 16.8 Å². The normalized spacial score (nSPS) is 12.6. The summed E-state index contributed by atoms with van der Waals surface area (Å²) in [7, 11) is 0. The van der Waals surface area contributed by atoms with Gasteiger partial charge in [-0.1, -0.05) is 218 Å². The van der Waals surface area contributed by atoms with E-state index in [-0.39, 0.29) is 0 Å². The monoisotopic (exact) mass is 790 g/mol. The van der Waals surface area contributed by atoms with Gasteiger partial charge in [-0.2, -0.15) is 0 Å². The second kappa shape index (κ2) is 14.5. The molecule has 0 N–H and O–H groups in total. The largest absolute Gasteiger partial charge is 0.455 e. The lowest BCUT2D eigenvalue weighted by atomic mass is 9.67. The number of fused-ring (bicyclic) bond motifs is 6. The van der Waals surface area contributed by atoms with Crippen LogP contribution in [0.2, 0.25) is 0 Å². The first-order valence-electron chi connectivity index (χ1n) is 21.2. The number of rotatable bonds is 7. The van der Waals surface area contributed by atoms with E-state index in [1.165, 1.54) is 33.4 Å². The third-order valence-electron chi connectivity index (χ3n) is 12.6. The van der Waals surface area contributed by atoms with E-state index in [1.807, 2.05) is 30.3 Å². The second-order valence-electron chi connectivity index (χ2n) is 16.0. The summed E-state index contributed by atoms with van der Waals surface area (Å²) in [4.78, 5) is 10.7. The van der Waals surface area contributed by atoms with Gasteiger partial charge in [-0.15, -0.1) is 0 Å². The van der Waals surface area contributed by atoms with Crippen LogP contribution in [0.4, 0.5) is 0 Å². The standard InChI is InChI=1S/C59H38N2O/c1-4-20-39(21-5-1)58-60-53(38-54(61-58)45-29-13-11-27-43(45)48-33-18-34-49-46-30-15-17-37-55(46)62-57(48)49)44-28-12-10-26-42(44)47-32-19-36-52-56(47)50-31-14-16-35-51(50)59(52,40-22-6-2-7-23-40)41-24-8-3-9-25-41/h1-38H. The van der Waals surface area contributed by atoms with Crippen LogP contribution in [-0.2, 0) is 5.41 Å². The number of hydrogen-bond donors (Lipinski definition) is 0. The van der Waals surface area contributed by atoms with Crippen molar-refractivity contribution in [3.05, 3.63) is 253 Å². The lowest BCUT2D eigenvalue weighted by Gasteiger charge is -2.34. The summed E-state index contributed by atoms with van der Waals surface area (Å²) in [5.74, 6) is 0.667. The first-order valence-corrected chi connectivity index (χ1v) is 21.2. The van der Waals surface area contributed by atoms with Crippen LogP contribution >= 0.6 is 0 Å². The quantitative estimate of drug-likeness (QED) is 0.161. The van der Waals surface area contributed by atoms with Gasteiger partial charge >= 0.3 is 0 Å². The number of benzene rings is 9. The number of hydrogen-bond acceptors (Lipinski definition) is 3. The summed E-state index contributed by atoms with van der Waals surface area (Å²) in [6.45, 7) is 0. The van der Waals surface area contributed by atoms with E-state index in [1.54, 1.807) is 0 Å². The van der Waals surface area contributed by atoms with E-state index in [2.05, 4.69) is 200 Å². The second-order valence-corrected chi connectivity index (χ2v) is 16.0. The van der Waals surface area contributed by atoms with E-state index in [0.717, 1.165) is 72.3 Å². The van der Waals surface area contributed by atoms with Crippen molar-refractivity contribution in [2.45, 2.75) is 5.41 Å². The summed E-state index contributed by atoms with van der Waals surface area (Å²) in [6.07, 6.45) is 0. The van der Waals surface area contributed by atoms with E-state index < -0.39 is 5.41 Å². The predicted molar refractivity (Wildman–Crippen MR) is 254 cm³/mol. The number of para-hydroxylation sites is 2. The smallest absolute Gasteiger partial charge is 0.160 e. The molecule has 3 nitrogen and oxygen atoms in total. The van der Waals surface area contributed by atoms with E-state index in [4.69, 9.17) is 14.4 Å². The van der Waals surface area contributed by atoms with Gasteiger partial charge in [0.15, 0.2) is 5.82 Å². The van der Waals surface area contributed by atoms with Crippen molar-refractivity contribution in [1.29, 1.82) is 0 Å². The molecule has 0 amide bonds.